The van der Waals surface area contributed by atoms with Gasteiger partial charge in [0.2, 0.25) is 5.96 Å². The third-order valence-electron chi connectivity index (χ3n) is 3.33. The van der Waals surface area contributed by atoms with Gasteiger partial charge in [0, 0.05) is 0 Å². The van der Waals surface area contributed by atoms with Gasteiger partial charge in [-0.3, -0.25) is 14.7 Å². The number of carbonyl (C=O) groups is 1. The lowest BCUT2D eigenvalue weighted by molar-refractivity contribution is -0.117. The first-order valence-corrected chi connectivity index (χ1v) is 5.93. The van der Waals surface area contributed by atoms with E-state index in [4.69, 9.17) is 15.6 Å². The van der Waals surface area contributed by atoms with Crippen molar-refractivity contribution in [3.8, 4) is 0 Å². The zero-order valence-corrected chi connectivity index (χ0v) is 10.2. The average molecular weight is 283 g/mol. The van der Waals surface area contributed by atoms with E-state index in [1.54, 1.807) is 0 Å². The first-order valence-electron chi connectivity index (χ1n) is 5.93. The second-order valence-electron chi connectivity index (χ2n) is 4.58. The number of hydrogen-bond acceptors (Lipinski definition) is 9. The molecule has 0 aromatic carbocycles. The van der Waals surface area contributed by atoms with E-state index < -0.39 is 43.1 Å². The SMILES string of the molecule is NC1=NC(=O)C2N=CN([C@@H]3O[C@H](CO)[C@@H](O)[C@H]3O)C2=N1. The summed E-state index contributed by atoms with van der Waals surface area (Å²) in [6.45, 7) is -0.446. The molecule has 108 valence electrons. The Kier molecular flexibility index (Phi) is 3.01. The largest absolute Gasteiger partial charge is 0.394 e. The van der Waals surface area contributed by atoms with Crippen molar-refractivity contribution in [2.24, 2.45) is 20.7 Å². The number of amidine groups is 1. The van der Waals surface area contributed by atoms with Crippen molar-refractivity contribution in [2.45, 2.75) is 30.6 Å². The molecular weight excluding hydrogens is 270 g/mol. The average Bonchev–Trinajstić information content (AvgIpc) is 2.93. The minimum Gasteiger partial charge on any atom is -0.394 e. The van der Waals surface area contributed by atoms with E-state index in [-0.39, 0.29) is 11.8 Å². The topological polar surface area (TPSA) is 153 Å². The van der Waals surface area contributed by atoms with Crippen LogP contribution in [0, 0.1) is 0 Å². The number of guanidine groups is 1. The van der Waals surface area contributed by atoms with Crippen LogP contribution in [-0.4, -0.2) is 81.4 Å². The fourth-order valence-corrected chi connectivity index (χ4v) is 2.32. The molecule has 3 heterocycles. The van der Waals surface area contributed by atoms with Gasteiger partial charge in [0.05, 0.1) is 12.9 Å². The summed E-state index contributed by atoms with van der Waals surface area (Å²) < 4.78 is 5.35. The molecule has 0 spiro atoms. The van der Waals surface area contributed by atoms with Crippen molar-refractivity contribution in [1.82, 2.24) is 4.90 Å². The van der Waals surface area contributed by atoms with Crippen molar-refractivity contribution in [1.29, 1.82) is 0 Å². The van der Waals surface area contributed by atoms with E-state index in [0.717, 1.165) is 0 Å². The Morgan fingerprint density at radius 1 is 1.35 bits per heavy atom. The summed E-state index contributed by atoms with van der Waals surface area (Å²) in [5.41, 5.74) is 5.42. The Morgan fingerprint density at radius 2 is 2.10 bits per heavy atom. The Bertz CT molecular complexity index is 532. The van der Waals surface area contributed by atoms with Crippen LogP contribution in [-0.2, 0) is 9.53 Å². The minimum absolute atomic E-state index is 0.178. The molecular formula is C10H13N5O5. The van der Waals surface area contributed by atoms with Crippen molar-refractivity contribution in [2.75, 3.05) is 6.61 Å². The molecule has 1 saturated heterocycles. The lowest BCUT2D eigenvalue weighted by Crippen LogP contribution is -2.49. The van der Waals surface area contributed by atoms with Gasteiger partial charge in [-0.1, -0.05) is 0 Å². The standard InChI is InChI=1S/C10H13N5O5/c11-10-13-7-4(8(19)14-10)12-2-15(7)9-6(18)5(17)3(1-16)20-9/h2-6,9,16-18H,1H2,(H2,11,14,19)/t3-,4?,5-,6-,9-/m1/s1. The Balaban J connectivity index is 1.87. The van der Waals surface area contributed by atoms with E-state index in [1.807, 2.05) is 0 Å². The van der Waals surface area contributed by atoms with Gasteiger partial charge in [0.25, 0.3) is 5.91 Å². The van der Waals surface area contributed by atoms with E-state index >= 15 is 0 Å². The normalized spacial score (nSPS) is 39.9. The van der Waals surface area contributed by atoms with Gasteiger partial charge in [-0.05, 0) is 0 Å². The number of carbonyl (C=O) groups excluding carboxylic acids is 1. The number of aliphatic imine (C=N–C) groups is 3. The summed E-state index contributed by atoms with van der Waals surface area (Å²) in [4.78, 5) is 24.3. The zero-order valence-electron chi connectivity index (χ0n) is 10.2. The fourth-order valence-electron chi connectivity index (χ4n) is 2.32. The molecule has 1 amide bonds. The summed E-state index contributed by atoms with van der Waals surface area (Å²) in [5, 5.41) is 28.7. The van der Waals surface area contributed by atoms with Gasteiger partial charge in [0.1, 0.15) is 18.3 Å². The summed E-state index contributed by atoms with van der Waals surface area (Å²) in [6.07, 6.45) is -3.18. The molecule has 10 heteroatoms. The molecule has 5 atom stereocenters. The number of aliphatic hydroxyl groups excluding tert-OH is 3. The number of hydrogen-bond donors (Lipinski definition) is 4. The van der Waals surface area contributed by atoms with Crippen molar-refractivity contribution in [3.63, 3.8) is 0 Å². The first kappa shape index (κ1) is 13.1. The van der Waals surface area contributed by atoms with Crippen LogP contribution in [0.2, 0.25) is 0 Å². The number of amides is 1. The summed E-state index contributed by atoms with van der Waals surface area (Å²) in [5.74, 6) is -0.584. The Morgan fingerprint density at radius 3 is 2.75 bits per heavy atom. The quantitative estimate of drug-likeness (QED) is 0.408. The van der Waals surface area contributed by atoms with Gasteiger partial charge in [-0.25, -0.2) is 0 Å². The number of rotatable bonds is 2. The molecule has 1 unspecified atom stereocenters. The molecule has 10 nitrogen and oxygen atoms in total. The molecule has 3 aliphatic heterocycles. The van der Waals surface area contributed by atoms with E-state index in [0.29, 0.717) is 0 Å². The molecule has 0 aliphatic carbocycles. The lowest BCUT2D eigenvalue weighted by Gasteiger charge is -2.27. The smallest absolute Gasteiger partial charge is 0.281 e. The number of ether oxygens (including phenoxy) is 1. The molecule has 3 rings (SSSR count). The van der Waals surface area contributed by atoms with Crippen molar-refractivity contribution in [3.05, 3.63) is 0 Å². The van der Waals surface area contributed by atoms with Crippen LogP contribution in [0.4, 0.5) is 0 Å². The monoisotopic (exact) mass is 283 g/mol. The number of nitrogens with zero attached hydrogens (tertiary/aromatic N) is 4. The predicted octanol–water partition coefficient (Wildman–Crippen LogP) is -3.61. The third-order valence-corrected chi connectivity index (χ3v) is 3.33. The van der Waals surface area contributed by atoms with Gasteiger partial charge in [0.15, 0.2) is 18.1 Å². The Hall–Kier alpha value is -1.88. The highest BCUT2D eigenvalue weighted by Crippen LogP contribution is 2.27. The zero-order chi connectivity index (χ0) is 14.4. The van der Waals surface area contributed by atoms with E-state index in [9.17, 15) is 15.0 Å². The highest BCUT2D eigenvalue weighted by molar-refractivity contribution is 6.21. The van der Waals surface area contributed by atoms with Gasteiger partial charge >= 0.3 is 0 Å². The second-order valence-corrected chi connectivity index (χ2v) is 4.58. The van der Waals surface area contributed by atoms with Crippen molar-refractivity contribution < 1.29 is 24.9 Å². The molecule has 0 saturated carbocycles. The molecule has 20 heavy (non-hydrogen) atoms. The number of aliphatic hydroxyl groups is 3. The van der Waals surface area contributed by atoms with Crippen LogP contribution >= 0.6 is 0 Å². The molecule has 0 aromatic heterocycles. The van der Waals surface area contributed by atoms with Crippen LogP contribution in [0.15, 0.2) is 15.0 Å². The third kappa shape index (κ3) is 1.81. The van der Waals surface area contributed by atoms with E-state index in [2.05, 4.69) is 15.0 Å². The molecule has 1 fully saturated rings. The van der Waals surface area contributed by atoms with Gasteiger partial charge in [-0.2, -0.15) is 9.98 Å². The summed E-state index contributed by atoms with van der Waals surface area (Å²) in [7, 11) is 0. The molecule has 0 bridgehead atoms. The maximum absolute atomic E-state index is 11.6. The van der Waals surface area contributed by atoms with Gasteiger partial charge in [-0.15, -0.1) is 0 Å². The molecule has 0 radical (unpaired) electrons. The maximum atomic E-state index is 11.6. The highest BCUT2D eigenvalue weighted by Gasteiger charge is 2.49. The highest BCUT2D eigenvalue weighted by atomic mass is 16.6. The second kappa shape index (κ2) is 4.59. The number of fused-ring (bicyclic) bond motifs is 1. The van der Waals surface area contributed by atoms with Crippen LogP contribution in [0.3, 0.4) is 0 Å². The number of nitrogens with two attached hydrogens (primary N) is 1. The summed E-state index contributed by atoms with van der Waals surface area (Å²) in [6, 6.07) is -0.914. The van der Waals surface area contributed by atoms with Crippen molar-refractivity contribution >= 4 is 24.0 Å². The van der Waals surface area contributed by atoms with Crippen LogP contribution in [0.1, 0.15) is 0 Å². The molecule has 5 N–H and O–H groups in total. The fraction of sp³-hybridized carbons (Fsp3) is 0.600. The van der Waals surface area contributed by atoms with Crippen LogP contribution in [0.5, 0.6) is 0 Å². The molecule has 0 aromatic rings. The lowest BCUT2D eigenvalue weighted by atomic mass is 10.1. The van der Waals surface area contributed by atoms with Crippen LogP contribution < -0.4 is 5.73 Å². The minimum atomic E-state index is -1.28. The molecule has 3 aliphatic rings. The maximum Gasteiger partial charge on any atom is 0.281 e. The van der Waals surface area contributed by atoms with E-state index in [1.165, 1.54) is 11.2 Å². The van der Waals surface area contributed by atoms with Gasteiger partial charge < -0.3 is 25.8 Å². The first-order chi connectivity index (χ1) is 9.52. The predicted molar refractivity (Wildman–Crippen MR) is 65.9 cm³/mol. The Labute approximate surface area is 112 Å². The van der Waals surface area contributed by atoms with Crippen LogP contribution in [0.25, 0.3) is 0 Å². The summed E-state index contributed by atoms with van der Waals surface area (Å²) >= 11 is 0.